The number of aromatic nitrogens is 5. The molecule has 1 aliphatic heterocycles. The highest BCUT2D eigenvalue weighted by atomic mass is 32.2. The molecular weight excluding hydrogens is 683 g/mol. The number of carbonyl (C=O) groups is 1. The van der Waals surface area contributed by atoms with Gasteiger partial charge in [0, 0.05) is 43.6 Å². The zero-order chi connectivity index (χ0) is 37.0. The average Bonchev–Trinajstić information content (AvgIpc) is 3.45. The van der Waals surface area contributed by atoms with E-state index >= 15 is 0 Å². The maximum Gasteiger partial charge on any atom is 0.335 e. The molecule has 0 saturated carbocycles. The fourth-order valence-electron chi connectivity index (χ4n) is 6.59. The van der Waals surface area contributed by atoms with Crippen LogP contribution in [0.15, 0.2) is 65.7 Å². The lowest BCUT2D eigenvalue weighted by atomic mass is 10.00. The monoisotopic (exact) mass is 727 g/mol. The molecule has 274 valence electrons. The molecule has 52 heavy (non-hydrogen) atoms. The molecule has 1 aliphatic rings. The molecule has 3 aromatic heterocycles. The number of sulfonamides is 1. The van der Waals surface area contributed by atoms with Crippen molar-refractivity contribution < 1.29 is 27.8 Å². The van der Waals surface area contributed by atoms with Crippen LogP contribution in [0.5, 0.6) is 5.88 Å². The van der Waals surface area contributed by atoms with Crippen molar-refractivity contribution in [1.82, 2.24) is 29.8 Å². The molecule has 4 heterocycles. The maximum atomic E-state index is 13.5. The van der Waals surface area contributed by atoms with E-state index in [0.717, 1.165) is 65.5 Å². The van der Waals surface area contributed by atoms with Crippen LogP contribution in [0.3, 0.4) is 0 Å². The Kier molecular flexibility index (Phi) is 11.2. The molecule has 0 bridgehead atoms. The Morgan fingerprint density at radius 2 is 1.83 bits per heavy atom. The second-order valence-corrected chi connectivity index (χ2v) is 15.3. The summed E-state index contributed by atoms with van der Waals surface area (Å²) < 4.78 is 43.9. The number of benzene rings is 2. The van der Waals surface area contributed by atoms with Gasteiger partial charge >= 0.3 is 5.97 Å². The topological polar surface area (TPSA) is 170 Å². The molecule has 1 unspecified atom stereocenters. The largest absolute Gasteiger partial charge is 0.478 e. The number of aryl methyl sites for hydroxylation is 3. The van der Waals surface area contributed by atoms with Crippen LogP contribution in [0.4, 0.5) is 5.95 Å². The number of carboxylic acids is 1. The van der Waals surface area contributed by atoms with E-state index in [0.29, 0.717) is 24.6 Å². The molecule has 1 saturated heterocycles. The number of hydrogen-bond acceptors (Lipinski definition) is 10. The Balaban J connectivity index is 1.28. The lowest BCUT2D eigenvalue weighted by molar-refractivity contribution is 0.00183. The van der Waals surface area contributed by atoms with Crippen molar-refractivity contribution in [1.29, 1.82) is 0 Å². The summed E-state index contributed by atoms with van der Waals surface area (Å²) in [6, 6.07) is 14.6. The van der Waals surface area contributed by atoms with E-state index in [-0.39, 0.29) is 41.0 Å². The number of fused-ring (bicyclic) bond motifs is 1. The Morgan fingerprint density at radius 1 is 1.06 bits per heavy atom. The lowest BCUT2D eigenvalue weighted by Gasteiger charge is -2.27. The van der Waals surface area contributed by atoms with E-state index in [4.69, 9.17) is 14.5 Å². The van der Waals surface area contributed by atoms with Crippen molar-refractivity contribution in [3.8, 4) is 17.1 Å². The van der Waals surface area contributed by atoms with Gasteiger partial charge in [0.25, 0.3) is 10.0 Å². The smallest absolute Gasteiger partial charge is 0.335 e. The summed E-state index contributed by atoms with van der Waals surface area (Å²) in [6.45, 7) is 9.57. The minimum atomic E-state index is -4.25. The number of ether oxygens (including phenoxy) is 2. The number of aromatic carboxylic acids is 1. The summed E-state index contributed by atoms with van der Waals surface area (Å²) in [5, 5.41) is 13.0. The number of hydrogen-bond donors (Lipinski definition) is 3. The van der Waals surface area contributed by atoms with Gasteiger partial charge in [0.05, 0.1) is 34.1 Å². The minimum Gasteiger partial charge on any atom is -0.478 e. The first-order valence-corrected chi connectivity index (χ1v) is 19.0. The van der Waals surface area contributed by atoms with Crippen LogP contribution in [-0.4, -0.2) is 69.4 Å². The number of carboxylic acid groups (broad SMARTS) is 1. The van der Waals surface area contributed by atoms with Gasteiger partial charge in [0.1, 0.15) is 12.1 Å². The highest BCUT2D eigenvalue weighted by Gasteiger charge is 2.23. The van der Waals surface area contributed by atoms with Gasteiger partial charge in [-0.15, -0.1) is 0 Å². The van der Waals surface area contributed by atoms with Crippen molar-refractivity contribution in [2.45, 2.75) is 82.9 Å². The van der Waals surface area contributed by atoms with Crippen LogP contribution >= 0.6 is 0 Å². The molecule has 2 aromatic carbocycles. The molecule has 5 aromatic rings. The number of rotatable bonds is 14. The van der Waals surface area contributed by atoms with Gasteiger partial charge in [-0.25, -0.2) is 27.9 Å². The predicted molar refractivity (Wildman–Crippen MR) is 198 cm³/mol. The molecule has 1 fully saturated rings. The molecule has 0 aliphatic carbocycles. The van der Waals surface area contributed by atoms with E-state index in [1.807, 2.05) is 39.1 Å². The molecular formula is C38H45N7O6S. The van der Waals surface area contributed by atoms with Gasteiger partial charge in [-0.05, 0) is 80.8 Å². The summed E-state index contributed by atoms with van der Waals surface area (Å²) in [5.41, 5.74) is 6.67. The lowest BCUT2D eigenvalue weighted by Crippen LogP contribution is -2.39. The zero-order valence-electron chi connectivity index (χ0n) is 30.1. The first-order chi connectivity index (χ1) is 24.9. The van der Waals surface area contributed by atoms with Crippen LogP contribution < -0.4 is 14.8 Å². The fourth-order valence-corrected chi connectivity index (χ4v) is 7.58. The fraction of sp³-hybridized carbons (Fsp3) is 0.395. The first-order valence-electron chi connectivity index (χ1n) is 17.5. The van der Waals surface area contributed by atoms with Gasteiger partial charge in [-0.2, -0.15) is 4.98 Å². The van der Waals surface area contributed by atoms with Gasteiger partial charge in [-0.1, -0.05) is 38.1 Å². The summed E-state index contributed by atoms with van der Waals surface area (Å²) in [6.07, 6.45) is 5.62. The number of nitrogens with zero attached hydrogens (tertiary/aromatic N) is 5. The van der Waals surface area contributed by atoms with Gasteiger partial charge in [0.15, 0.2) is 5.65 Å². The van der Waals surface area contributed by atoms with E-state index in [9.17, 15) is 18.3 Å². The average molecular weight is 728 g/mol. The SMILES string of the molecule is Cc1cccc(C)c1-c1cc(OCC(C[C@@H]2CCCCO2)NCc2cnc3cc(C(C)C)n(C)c3n2)nc(NS(=O)(=O)c2cccc(C(=O)O)c2)n1. The van der Waals surface area contributed by atoms with E-state index in [1.54, 1.807) is 12.3 Å². The quantitative estimate of drug-likeness (QED) is 0.120. The van der Waals surface area contributed by atoms with E-state index in [2.05, 4.69) is 49.5 Å². The molecule has 0 spiro atoms. The number of nitrogens with one attached hydrogen (secondary N) is 2. The molecule has 0 amide bonds. The third kappa shape index (κ3) is 8.57. The highest BCUT2D eigenvalue weighted by molar-refractivity contribution is 7.92. The Bertz CT molecular complexity index is 2160. The van der Waals surface area contributed by atoms with Crippen LogP contribution in [-0.2, 0) is 28.4 Å². The molecule has 2 atom stereocenters. The minimum absolute atomic E-state index is 0.0596. The second-order valence-electron chi connectivity index (χ2n) is 13.6. The summed E-state index contributed by atoms with van der Waals surface area (Å²) >= 11 is 0. The maximum absolute atomic E-state index is 13.5. The van der Waals surface area contributed by atoms with E-state index < -0.39 is 16.0 Å². The molecule has 0 radical (unpaired) electrons. The van der Waals surface area contributed by atoms with Crippen LogP contribution in [0, 0.1) is 13.8 Å². The predicted octanol–water partition coefficient (Wildman–Crippen LogP) is 6.16. The van der Waals surface area contributed by atoms with Crippen LogP contribution in [0.25, 0.3) is 22.4 Å². The highest BCUT2D eigenvalue weighted by Crippen LogP contribution is 2.30. The standard InChI is InChI=1S/C38H45N7O6S/c1-23(2)33-18-32-36(45(33)5)41-28(21-40-32)20-39-27(17-29-13-6-7-15-50-29)22-51-34-19-31(35-24(3)10-8-11-25(35)4)42-38(43-34)44-52(48,49)30-14-9-12-26(16-30)37(46)47/h8-12,14,16,18-19,21,23,27,29,39H,6-7,13,15,17,20,22H2,1-5H3,(H,46,47)(H,42,43,44)/t27?,29-/m0/s1. The Morgan fingerprint density at radius 3 is 2.54 bits per heavy atom. The summed E-state index contributed by atoms with van der Waals surface area (Å²) in [7, 11) is -2.24. The summed E-state index contributed by atoms with van der Waals surface area (Å²) in [4.78, 5) is 29.9. The third-order valence-electron chi connectivity index (χ3n) is 9.29. The van der Waals surface area contributed by atoms with Crippen LogP contribution in [0.2, 0.25) is 0 Å². The van der Waals surface area contributed by atoms with Crippen LogP contribution in [0.1, 0.15) is 78.3 Å². The first kappa shape index (κ1) is 36.9. The Hall–Kier alpha value is -4.92. The molecule has 13 nitrogen and oxygen atoms in total. The molecule has 6 rings (SSSR count). The van der Waals surface area contributed by atoms with Crippen molar-refractivity contribution >= 4 is 33.1 Å². The van der Waals surface area contributed by atoms with Crippen molar-refractivity contribution in [3.63, 3.8) is 0 Å². The molecule has 3 N–H and O–H groups in total. The number of anilines is 1. The van der Waals surface area contributed by atoms with Crippen molar-refractivity contribution in [2.24, 2.45) is 7.05 Å². The Labute approximate surface area is 303 Å². The van der Waals surface area contributed by atoms with Crippen molar-refractivity contribution in [3.05, 3.63) is 88.9 Å². The normalized spacial score (nSPS) is 15.5. The van der Waals surface area contributed by atoms with E-state index in [1.165, 1.54) is 23.9 Å². The van der Waals surface area contributed by atoms with Gasteiger partial charge in [-0.3, -0.25) is 4.98 Å². The van der Waals surface area contributed by atoms with Gasteiger partial charge in [0.2, 0.25) is 11.8 Å². The van der Waals surface area contributed by atoms with Crippen molar-refractivity contribution in [2.75, 3.05) is 17.9 Å². The summed E-state index contributed by atoms with van der Waals surface area (Å²) in [5.74, 6) is -0.929. The zero-order valence-corrected chi connectivity index (χ0v) is 30.9. The van der Waals surface area contributed by atoms with Gasteiger partial charge < -0.3 is 24.5 Å². The molecule has 14 heteroatoms. The second kappa shape index (κ2) is 15.8. The third-order valence-corrected chi connectivity index (χ3v) is 10.6.